The van der Waals surface area contributed by atoms with E-state index >= 15 is 0 Å². The maximum atomic E-state index is 12.8. The molecule has 0 saturated carbocycles. The third-order valence-corrected chi connectivity index (χ3v) is 6.37. The van der Waals surface area contributed by atoms with Crippen molar-refractivity contribution < 1.29 is 33.7 Å². The lowest BCUT2D eigenvalue weighted by atomic mass is 10.2. The van der Waals surface area contributed by atoms with Gasteiger partial charge in [-0.05, 0) is 83.2 Å². The number of aliphatic imine (C=N–C) groups is 1. The third-order valence-electron chi connectivity index (χ3n) is 4.51. The Morgan fingerprint density at radius 1 is 1.26 bits per heavy atom. The number of methoxy groups -OCH3 is 1. The van der Waals surface area contributed by atoms with Gasteiger partial charge in [0.05, 0.1) is 33.4 Å². The van der Waals surface area contributed by atoms with Crippen LogP contribution < -0.4 is 9.47 Å². The molecule has 1 fully saturated rings. The minimum Gasteiger partial charge on any atom is -0.493 e. The summed E-state index contributed by atoms with van der Waals surface area (Å²) in [5, 5.41) is 9.60. The highest BCUT2D eigenvalue weighted by molar-refractivity contribution is 14.1. The molecular weight excluding hydrogens is 575 g/mol. The number of carboxylic acids is 1. The maximum Gasteiger partial charge on any atom is 0.344 e. The Kier molecular flexibility index (Phi) is 8.56. The second kappa shape index (κ2) is 11.4. The lowest BCUT2D eigenvalue weighted by molar-refractivity contribution is -0.145. The summed E-state index contributed by atoms with van der Waals surface area (Å²) < 4.78 is 16.6. The van der Waals surface area contributed by atoms with Crippen LogP contribution in [0.25, 0.3) is 6.08 Å². The summed E-state index contributed by atoms with van der Waals surface area (Å²) in [4.78, 5) is 41.9. The molecule has 0 aliphatic carbocycles. The molecule has 1 amide bonds. The molecule has 178 valence electrons. The number of carbonyl (C=O) groups is 3. The van der Waals surface area contributed by atoms with Gasteiger partial charge in [-0.3, -0.25) is 9.69 Å². The molecule has 0 unspecified atom stereocenters. The van der Waals surface area contributed by atoms with Gasteiger partial charge in [-0.1, -0.05) is 6.07 Å². The van der Waals surface area contributed by atoms with Gasteiger partial charge in [0.15, 0.2) is 23.3 Å². The molecule has 2 aromatic carbocycles. The molecular formula is C23H21IN2O7S. The van der Waals surface area contributed by atoms with Crippen LogP contribution in [-0.4, -0.2) is 60.4 Å². The summed E-state index contributed by atoms with van der Waals surface area (Å²) in [6.07, 6.45) is 1.71. The van der Waals surface area contributed by atoms with Crippen molar-refractivity contribution in [3.63, 3.8) is 0 Å². The number of hydrogen-bond donors (Lipinski definition) is 1. The number of carboxylic acid groups (broad SMARTS) is 1. The Labute approximate surface area is 213 Å². The van der Waals surface area contributed by atoms with Crippen LogP contribution in [0.4, 0.5) is 5.69 Å². The number of hydrogen-bond acceptors (Lipinski definition) is 8. The number of esters is 1. The molecule has 2 aromatic rings. The van der Waals surface area contributed by atoms with Crippen molar-refractivity contribution in [2.45, 2.75) is 6.92 Å². The van der Waals surface area contributed by atoms with Gasteiger partial charge in [0.1, 0.15) is 0 Å². The highest BCUT2D eigenvalue weighted by Gasteiger charge is 2.30. The lowest BCUT2D eigenvalue weighted by Crippen LogP contribution is -2.23. The van der Waals surface area contributed by atoms with Crippen molar-refractivity contribution in [2.24, 2.45) is 4.99 Å². The van der Waals surface area contributed by atoms with Crippen molar-refractivity contribution in [1.82, 2.24) is 4.90 Å². The number of aromatic carboxylic acids is 1. The summed E-state index contributed by atoms with van der Waals surface area (Å²) in [6.45, 7) is 1.73. The van der Waals surface area contributed by atoms with Crippen LogP contribution in [0.5, 0.6) is 11.5 Å². The van der Waals surface area contributed by atoms with Crippen molar-refractivity contribution in [3.05, 3.63) is 56.0 Å². The van der Waals surface area contributed by atoms with E-state index in [-0.39, 0.29) is 24.7 Å². The Morgan fingerprint density at radius 3 is 2.71 bits per heavy atom. The second-order valence-corrected chi connectivity index (χ2v) is 9.02. The molecule has 0 radical (unpaired) electrons. The largest absolute Gasteiger partial charge is 0.493 e. The quantitative estimate of drug-likeness (QED) is 0.275. The highest BCUT2D eigenvalue weighted by Crippen LogP contribution is 2.37. The fraction of sp³-hybridized carbons (Fsp3) is 0.217. The molecule has 0 bridgehead atoms. The number of amidine groups is 1. The SMILES string of the molecule is CCOC(=O)COc1c(I)cc(/C=C2/SC(=Nc3cccc(C(=O)O)c3)N(C)C2=O)cc1OC. The molecule has 0 aromatic heterocycles. The topological polar surface area (TPSA) is 115 Å². The molecule has 1 heterocycles. The summed E-state index contributed by atoms with van der Waals surface area (Å²) >= 11 is 3.24. The predicted octanol–water partition coefficient (Wildman–Crippen LogP) is 4.17. The summed E-state index contributed by atoms with van der Waals surface area (Å²) in [7, 11) is 3.09. The first-order valence-corrected chi connectivity index (χ1v) is 11.9. The van der Waals surface area contributed by atoms with E-state index < -0.39 is 11.9 Å². The molecule has 34 heavy (non-hydrogen) atoms. The number of rotatable bonds is 8. The molecule has 1 aliphatic rings. The van der Waals surface area contributed by atoms with Crippen LogP contribution >= 0.6 is 34.4 Å². The number of thioether (sulfide) groups is 1. The van der Waals surface area contributed by atoms with Gasteiger partial charge >= 0.3 is 11.9 Å². The molecule has 1 saturated heterocycles. The Hall–Kier alpha value is -3.06. The number of ether oxygens (including phenoxy) is 3. The van der Waals surface area contributed by atoms with Gasteiger partial charge in [-0.2, -0.15) is 0 Å². The number of carbonyl (C=O) groups excluding carboxylic acids is 2. The van der Waals surface area contributed by atoms with E-state index in [1.165, 1.54) is 35.9 Å². The summed E-state index contributed by atoms with van der Waals surface area (Å²) in [5.41, 5.74) is 1.24. The normalized spacial score (nSPS) is 15.6. The van der Waals surface area contributed by atoms with E-state index in [4.69, 9.17) is 19.3 Å². The van der Waals surface area contributed by atoms with E-state index in [1.54, 1.807) is 44.3 Å². The first kappa shape index (κ1) is 25.6. The molecule has 9 nitrogen and oxygen atoms in total. The van der Waals surface area contributed by atoms with Crippen LogP contribution in [-0.2, 0) is 14.3 Å². The summed E-state index contributed by atoms with van der Waals surface area (Å²) in [5.74, 6) is -0.963. The smallest absolute Gasteiger partial charge is 0.344 e. The van der Waals surface area contributed by atoms with Crippen LogP contribution in [0, 0.1) is 3.57 Å². The van der Waals surface area contributed by atoms with Crippen LogP contribution in [0.3, 0.4) is 0 Å². The van der Waals surface area contributed by atoms with Crippen LogP contribution in [0.1, 0.15) is 22.8 Å². The molecule has 3 rings (SSSR count). The zero-order valence-corrected chi connectivity index (χ0v) is 21.5. The molecule has 1 aliphatic heterocycles. The van der Waals surface area contributed by atoms with Gasteiger partial charge in [-0.25, -0.2) is 14.6 Å². The second-order valence-electron chi connectivity index (χ2n) is 6.85. The lowest BCUT2D eigenvalue weighted by Gasteiger charge is -2.13. The predicted molar refractivity (Wildman–Crippen MR) is 137 cm³/mol. The van der Waals surface area contributed by atoms with Crippen molar-refractivity contribution in [2.75, 3.05) is 27.4 Å². The van der Waals surface area contributed by atoms with E-state index in [9.17, 15) is 14.4 Å². The molecule has 0 atom stereocenters. The van der Waals surface area contributed by atoms with Gasteiger partial charge in [-0.15, -0.1) is 0 Å². The zero-order chi connectivity index (χ0) is 24.8. The summed E-state index contributed by atoms with van der Waals surface area (Å²) in [6, 6.07) is 9.69. The third kappa shape index (κ3) is 6.08. The van der Waals surface area contributed by atoms with E-state index in [1.807, 2.05) is 0 Å². The fourth-order valence-electron chi connectivity index (χ4n) is 2.92. The number of benzene rings is 2. The number of amides is 1. The van der Waals surface area contributed by atoms with Crippen molar-refractivity contribution in [3.8, 4) is 11.5 Å². The average molecular weight is 596 g/mol. The minimum atomic E-state index is -1.05. The maximum absolute atomic E-state index is 12.8. The Balaban J connectivity index is 1.86. The minimum absolute atomic E-state index is 0.113. The first-order chi connectivity index (χ1) is 16.2. The van der Waals surface area contributed by atoms with E-state index in [0.29, 0.717) is 36.4 Å². The molecule has 0 spiro atoms. The van der Waals surface area contributed by atoms with Crippen LogP contribution in [0.15, 0.2) is 46.3 Å². The van der Waals surface area contributed by atoms with Crippen molar-refractivity contribution >= 4 is 69.1 Å². The zero-order valence-electron chi connectivity index (χ0n) is 18.5. The first-order valence-electron chi connectivity index (χ1n) is 9.99. The molecule has 11 heteroatoms. The monoisotopic (exact) mass is 596 g/mol. The molecule has 1 N–H and O–H groups in total. The number of likely N-dealkylation sites (N-methyl/N-ethyl adjacent to an activating group) is 1. The van der Waals surface area contributed by atoms with Gasteiger partial charge in [0.25, 0.3) is 5.91 Å². The number of halogens is 1. The Morgan fingerprint density at radius 2 is 2.03 bits per heavy atom. The van der Waals surface area contributed by atoms with Gasteiger partial charge in [0, 0.05) is 7.05 Å². The van der Waals surface area contributed by atoms with Crippen molar-refractivity contribution in [1.29, 1.82) is 0 Å². The average Bonchev–Trinajstić information content (AvgIpc) is 3.06. The standard InChI is InChI=1S/C23H21IN2O7S/c1-4-32-19(27)12-33-20-16(24)8-13(9-17(20)31-3)10-18-21(28)26(2)23(34-18)25-15-7-5-6-14(11-15)22(29)30/h5-11H,4,12H2,1-3H3,(H,29,30)/b18-10+,25-23?. The van der Waals surface area contributed by atoms with Crippen LogP contribution in [0.2, 0.25) is 0 Å². The van der Waals surface area contributed by atoms with Gasteiger partial charge in [0.2, 0.25) is 0 Å². The fourth-order valence-corrected chi connectivity index (χ4v) is 4.69. The van der Waals surface area contributed by atoms with E-state index in [0.717, 1.165) is 0 Å². The number of nitrogens with zero attached hydrogens (tertiary/aromatic N) is 2. The van der Waals surface area contributed by atoms with Gasteiger partial charge < -0.3 is 19.3 Å². The Bertz CT molecular complexity index is 1200. The highest BCUT2D eigenvalue weighted by atomic mass is 127. The van der Waals surface area contributed by atoms with E-state index in [2.05, 4.69) is 27.6 Å².